The third-order valence-electron chi connectivity index (χ3n) is 2.18. The summed E-state index contributed by atoms with van der Waals surface area (Å²) in [5.74, 6) is -0.239. The minimum Gasteiger partial charge on any atom is -0.467 e. The standard InChI is InChI=1S/C9H18O3/c1-5-7(6(2)3)8(10)9(11)12-4/h6-8,10H,5H2,1-4H3. The number of aliphatic hydroxyl groups is 1. The van der Waals surface area contributed by atoms with E-state index in [1.54, 1.807) is 0 Å². The van der Waals surface area contributed by atoms with Crippen LogP contribution in [-0.2, 0) is 9.53 Å². The third kappa shape index (κ3) is 2.81. The molecule has 2 atom stereocenters. The Labute approximate surface area is 73.7 Å². The molecule has 0 rings (SSSR count). The first kappa shape index (κ1) is 11.4. The van der Waals surface area contributed by atoms with Crippen LogP contribution in [0.5, 0.6) is 0 Å². The molecule has 0 aliphatic heterocycles. The highest BCUT2D eigenvalue weighted by Gasteiger charge is 2.27. The summed E-state index contributed by atoms with van der Waals surface area (Å²) < 4.78 is 4.46. The van der Waals surface area contributed by atoms with Crippen LogP contribution >= 0.6 is 0 Å². The minimum absolute atomic E-state index is 0.00236. The van der Waals surface area contributed by atoms with Crippen molar-refractivity contribution in [3.05, 3.63) is 0 Å². The summed E-state index contributed by atoms with van der Waals surface area (Å²) in [6.07, 6.45) is -0.187. The first-order valence-electron chi connectivity index (χ1n) is 4.30. The number of rotatable bonds is 4. The van der Waals surface area contributed by atoms with Gasteiger partial charge in [-0.2, -0.15) is 0 Å². The van der Waals surface area contributed by atoms with Gasteiger partial charge in [0.25, 0.3) is 0 Å². The van der Waals surface area contributed by atoms with Gasteiger partial charge in [-0.1, -0.05) is 27.2 Å². The molecule has 0 radical (unpaired) electrons. The molecule has 0 fully saturated rings. The molecule has 0 aromatic heterocycles. The normalized spacial score (nSPS) is 15.8. The molecular weight excluding hydrogens is 156 g/mol. The van der Waals surface area contributed by atoms with E-state index in [1.807, 2.05) is 20.8 Å². The Kier molecular flexibility index (Phi) is 4.90. The largest absolute Gasteiger partial charge is 0.467 e. The van der Waals surface area contributed by atoms with Gasteiger partial charge in [0.05, 0.1) is 7.11 Å². The van der Waals surface area contributed by atoms with Crippen molar-refractivity contribution in [3.63, 3.8) is 0 Å². The van der Waals surface area contributed by atoms with Crippen molar-refractivity contribution in [2.75, 3.05) is 7.11 Å². The highest BCUT2D eigenvalue weighted by atomic mass is 16.5. The monoisotopic (exact) mass is 174 g/mol. The second kappa shape index (κ2) is 5.14. The lowest BCUT2D eigenvalue weighted by Gasteiger charge is -2.22. The summed E-state index contributed by atoms with van der Waals surface area (Å²) in [4.78, 5) is 10.9. The van der Waals surface area contributed by atoms with Crippen LogP contribution in [0.15, 0.2) is 0 Å². The van der Waals surface area contributed by atoms with Crippen LogP contribution in [-0.4, -0.2) is 24.3 Å². The number of hydrogen-bond donors (Lipinski definition) is 1. The summed E-state index contributed by atoms with van der Waals surface area (Å²) in [7, 11) is 1.29. The van der Waals surface area contributed by atoms with E-state index in [2.05, 4.69) is 4.74 Å². The number of hydrogen-bond acceptors (Lipinski definition) is 3. The van der Waals surface area contributed by atoms with E-state index in [-0.39, 0.29) is 5.92 Å². The van der Waals surface area contributed by atoms with Gasteiger partial charge in [-0.15, -0.1) is 0 Å². The van der Waals surface area contributed by atoms with Gasteiger partial charge in [0.15, 0.2) is 6.10 Å². The first-order chi connectivity index (χ1) is 5.54. The smallest absolute Gasteiger partial charge is 0.334 e. The molecule has 0 aliphatic rings. The van der Waals surface area contributed by atoms with Gasteiger partial charge in [0, 0.05) is 0 Å². The molecule has 0 aliphatic carbocycles. The predicted molar refractivity (Wildman–Crippen MR) is 46.6 cm³/mol. The molecule has 0 spiro atoms. The number of aliphatic hydroxyl groups excluding tert-OH is 1. The predicted octanol–water partition coefficient (Wildman–Crippen LogP) is 1.20. The average Bonchev–Trinajstić information content (AvgIpc) is 2.03. The van der Waals surface area contributed by atoms with Gasteiger partial charge in [-0.05, 0) is 11.8 Å². The van der Waals surface area contributed by atoms with Crippen molar-refractivity contribution < 1.29 is 14.6 Å². The zero-order chi connectivity index (χ0) is 9.72. The summed E-state index contributed by atoms with van der Waals surface area (Å²) in [5.41, 5.74) is 0. The molecule has 0 bridgehead atoms. The van der Waals surface area contributed by atoms with Crippen LogP contribution < -0.4 is 0 Å². The molecular formula is C9H18O3. The fraction of sp³-hybridized carbons (Fsp3) is 0.889. The lowest BCUT2D eigenvalue weighted by atomic mass is 9.88. The van der Waals surface area contributed by atoms with E-state index < -0.39 is 12.1 Å². The van der Waals surface area contributed by atoms with Crippen LogP contribution in [0.25, 0.3) is 0 Å². The van der Waals surface area contributed by atoms with E-state index in [0.29, 0.717) is 5.92 Å². The van der Waals surface area contributed by atoms with Crippen LogP contribution in [0.4, 0.5) is 0 Å². The highest BCUT2D eigenvalue weighted by Crippen LogP contribution is 2.19. The van der Waals surface area contributed by atoms with Crippen molar-refractivity contribution in [3.8, 4) is 0 Å². The van der Waals surface area contributed by atoms with Crippen molar-refractivity contribution in [1.29, 1.82) is 0 Å². The maximum absolute atomic E-state index is 10.9. The van der Waals surface area contributed by atoms with Gasteiger partial charge in [-0.25, -0.2) is 4.79 Å². The van der Waals surface area contributed by atoms with Crippen molar-refractivity contribution >= 4 is 5.97 Å². The molecule has 0 aromatic rings. The molecule has 0 saturated carbocycles. The van der Waals surface area contributed by atoms with Gasteiger partial charge >= 0.3 is 5.97 Å². The summed E-state index contributed by atoms with van der Waals surface area (Å²) in [6.45, 7) is 5.93. The van der Waals surface area contributed by atoms with Crippen molar-refractivity contribution in [1.82, 2.24) is 0 Å². The fourth-order valence-corrected chi connectivity index (χ4v) is 1.35. The molecule has 3 nitrogen and oxygen atoms in total. The van der Waals surface area contributed by atoms with Gasteiger partial charge in [0.2, 0.25) is 0 Å². The molecule has 2 unspecified atom stereocenters. The lowest BCUT2D eigenvalue weighted by molar-refractivity contribution is -0.154. The van der Waals surface area contributed by atoms with Gasteiger partial charge < -0.3 is 9.84 Å². The first-order valence-corrected chi connectivity index (χ1v) is 4.30. The van der Waals surface area contributed by atoms with Crippen molar-refractivity contribution in [2.45, 2.75) is 33.3 Å². The van der Waals surface area contributed by atoms with Crippen molar-refractivity contribution in [2.24, 2.45) is 11.8 Å². The van der Waals surface area contributed by atoms with Gasteiger partial charge in [-0.3, -0.25) is 0 Å². The maximum atomic E-state index is 10.9. The Balaban J connectivity index is 4.20. The third-order valence-corrected chi connectivity index (χ3v) is 2.18. The van der Waals surface area contributed by atoms with Crippen LogP contribution in [0.1, 0.15) is 27.2 Å². The highest BCUT2D eigenvalue weighted by molar-refractivity contribution is 5.74. The summed E-state index contributed by atoms with van der Waals surface area (Å²) in [6, 6.07) is 0. The number of ether oxygens (including phenoxy) is 1. The number of carbonyl (C=O) groups excluding carboxylic acids is 1. The van der Waals surface area contributed by atoms with Crippen LogP contribution in [0, 0.1) is 11.8 Å². The molecule has 72 valence electrons. The zero-order valence-corrected chi connectivity index (χ0v) is 8.20. The number of esters is 1. The fourth-order valence-electron chi connectivity index (χ4n) is 1.35. The molecule has 0 saturated heterocycles. The zero-order valence-electron chi connectivity index (χ0n) is 8.20. The Morgan fingerprint density at radius 2 is 2.00 bits per heavy atom. The molecule has 1 N–H and O–H groups in total. The Morgan fingerprint density at radius 1 is 1.50 bits per heavy atom. The summed E-state index contributed by atoms with van der Waals surface area (Å²) in [5, 5.41) is 9.47. The quantitative estimate of drug-likeness (QED) is 0.651. The Morgan fingerprint density at radius 3 is 2.25 bits per heavy atom. The number of methoxy groups -OCH3 is 1. The average molecular weight is 174 g/mol. The second-order valence-corrected chi connectivity index (χ2v) is 3.28. The van der Waals surface area contributed by atoms with E-state index in [9.17, 15) is 9.90 Å². The molecule has 3 heteroatoms. The Bertz CT molecular complexity index is 143. The van der Waals surface area contributed by atoms with E-state index in [1.165, 1.54) is 7.11 Å². The molecule has 0 amide bonds. The van der Waals surface area contributed by atoms with E-state index in [4.69, 9.17) is 0 Å². The second-order valence-electron chi connectivity index (χ2n) is 3.28. The number of carbonyl (C=O) groups is 1. The molecule has 0 heterocycles. The van der Waals surface area contributed by atoms with E-state index in [0.717, 1.165) is 6.42 Å². The molecule has 12 heavy (non-hydrogen) atoms. The van der Waals surface area contributed by atoms with Gasteiger partial charge in [0.1, 0.15) is 0 Å². The van der Waals surface area contributed by atoms with E-state index >= 15 is 0 Å². The lowest BCUT2D eigenvalue weighted by Crippen LogP contribution is -2.33. The van der Waals surface area contributed by atoms with Crippen LogP contribution in [0.3, 0.4) is 0 Å². The Hall–Kier alpha value is -0.570. The SMILES string of the molecule is CCC(C(C)C)C(O)C(=O)OC. The molecule has 0 aromatic carbocycles. The summed E-state index contributed by atoms with van der Waals surface area (Å²) >= 11 is 0. The maximum Gasteiger partial charge on any atom is 0.334 e. The topological polar surface area (TPSA) is 46.5 Å². The van der Waals surface area contributed by atoms with Crippen LogP contribution in [0.2, 0.25) is 0 Å². The minimum atomic E-state index is -0.972.